The van der Waals surface area contributed by atoms with E-state index in [9.17, 15) is 9.59 Å². The Kier molecular flexibility index (Phi) is 6.07. The summed E-state index contributed by atoms with van der Waals surface area (Å²) in [7, 11) is 1.58. The summed E-state index contributed by atoms with van der Waals surface area (Å²) in [5.74, 6) is -0.257. The zero-order chi connectivity index (χ0) is 16.8. The van der Waals surface area contributed by atoms with E-state index in [-0.39, 0.29) is 17.1 Å². The molecule has 2 aromatic rings. The molecule has 6 heteroatoms. The van der Waals surface area contributed by atoms with Crippen LogP contribution in [0.4, 0.5) is 5.69 Å². The number of halogens is 1. The number of rotatable bonds is 5. The molecule has 2 N–H and O–H groups in total. The molecule has 2 aromatic carbocycles. The van der Waals surface area contributed by atoms with Gasteiger partial charge in [-0.3, -0.25) is 9.59 Å². The summed E-state index contributed by atoms with van der Waals surface area (Å²) in [4.78, 5) is 24.7. The number of hydrogen-bond donors (Lipinski definition) is 2. The first-order valence-corrected chi connectivity index (χ1v) is 8.30. The highest BCUT2D eigenvalue weighted by Crippen LogP contribution is 2.25. The Morgan fingerprint density at radius 1 is 1.04 bits per heavy atom. The van der Waals surface area contributed by atoms with Gasteiger partial charge in [0.25, 0.3) is 5.91 Å². The molecule has 0 radical (unpaired) electrons. The van der Waals surface area contributed by atoms with Crippen molar-refractivity contribution in [3.8, 4) is 0 Å². The van der Waals surface area contributed by atoms with Crippen LogP contribution in [0.15, 0.2) is 53.4 Å². The first-order chi connectivity index (χ1) is 11.0. The van der Waals surface area contributed by atoms with E-state index in [4.69, 9.17) is 11.6 Å². The van der Waals surface area contributed by atoms with Gasteiger partial charge in [0.2, 0.25) is 5.91 Å². The maximum Gasteiger partial charge on any atom is 0.251 e. The van der Waals surface area contributed by atoms with Crippen molar-refractivity contribution in [2.75, 3.05) is 12.4 Å². The third-order valence-electron chi connectivity index (χ3n) is 3.14. The molecule has 0 aliphatic carbocycles. The van der Waals surface area contributed by atoms with Crippen LogP contribution in [-0.4, -0.2) is 24.1 Å². The largest absolute Gasteiger partial charge is 0.355 e. The molecule has 0 bridgehead atoms. The van der Waals surface area contributed by atoms with Crippen LogP contribution in [0.2, 0.25) is 5.02 Å². The van der Waals surface area contributed by atoms with Crippen LogP contribution in [-0.2, 0) is 4.79 Å². The van der Waals surface area contributed by atoms with Gasteiger partial charge in [0.1, 0.15) is 0 Å². The highest BCUT2D eigenvalue weighted by Gasteiger charge is 2.14. The average Bonchev–Trinajstić information content (AvgIpc) is 2.56. The number of hydrogen-bond acceptors (Lipinski definition) is 3. The van der Waals surface area contributed by atoms with Crippen molar-refractivity contribution >= 4 is 40.9 Å². The molecule has 23 heavy (non-hydrogen) atoms. The highest BCUT2D eigenvalue weighted by atomic mass is 35.5. The SMILES string of the molecule is CNC(=O)c1ccc(NC(=O)[C@@H](C)Sc2ccc(Cl)cc2)cc1. The quantitative estimate of drug-likeness (QED) is 0.807. The standard InChI is InChI=1S/C17H17ClN2O2S/c1-11(23-15-9-5-13(18)6-10-15)16(21)20-14-7-3-12(4-8-14)17(22)19-2/h3-11H,1-2H3,(H,19,22)(H,20,21)/t11-/m1/s1. The number of benzene rings is 2. The fourth-order valence-electron chi connectivity index (χ4n) is 1.86. The summed E-state index contributed by atoms with van der Waals surface area (Å²) in [6, 6.07) is 14.1. The number of carbonyl (C=O) groups is 2. The monoisotopic (exact) mass is 348 g/mol. The van der Waals surface area contributed by atoms with Crippen molar-refractivity contribution in [2.24, 2.45) is 0 Å². The van der Waals surface area contributed by atoms with Crippen LogP contribution in [0.5, 0.6) is 0 Å². The minimum Gasteiger partial charge on any atom is -0.355 e. The number of carbonyl (C=O) groups excluding carboxylic acids is 2. The smallest absolute Gasteiger partial charge is 0.251 e. The lowest BCUT2D eigenvalue weighted by Gasteiger charge is -2.12. The molecule has 2 rings (SSSR count). The Balaban J connectivity index is 1.95. The van der Waals surface area contributed by atoms with Crippen LogP contribution < -0.4 is 10.6 Å². The van der Waals surface area contributed by atoms with Gasteiger partial charge in [-0.1, -0.05) is 11.6 Å². The van der Waals surface area contributed by atoms with Crippen molar-refractivity contribution in [1.29, 1.82) is 0 Å². The van der Waals surface area contributed by atoms with Crippen molar-refractivity contribution in [3.63, 3.8) is 0 Å². The van der Waals surface area contributed by atoms with E-state index in [2.05, 4.69) is 10.6 Å². The van der Waals surface area contributed by atoms with Gasteiger partial charge in [-0.2, -0.15) is 0 Å². The van der Waals surface area contributed by atoms with Crippen LogP contribution in [0.3, 0.4) is 0 Å². The minimum absolute atomic E-state index is 0.0994. The number of thioether (sulfide) groups is 1. The summed E-state index contributed by atoms with van der Waals surface area (Å²) in [5.41, 5.74) is 1.21. The van der Waals surface area contributed by atoms with E-state index < -0.39 is 0 Å². The lowest BCUT2D eigenvalue weighted by Crippen LogP contribution is -2.22. The zero-order valence-corrected chi connectivity index (χ0v) is 14.4. The second-order valence-electron chi connectivity index (χ2n) is 4.86. The van der Waals surface area contributed by atoms with E-state index in [1.165, 1.54) is 11.8 Å². The fourth-order valence-corrected chi connectivity index (χ4v) is 2.86. The second-order valence-corrected chi connectivity index (χ2v) is 6.71. The minimum atomic E-state index is -0.255. The molecule has 0 aromatic heterocycles. The summed E-state index contributed by atoms with van der Waals surface area (Å²) >= 11 is 7.30. The van der Waals surface area contributed by atoms with E-state index >= 15 is 0 Å². The van der Waals surface area contributed by atoms with E-state index in [0.29, 0.717) is 16.3 Å². The van der Waals surface area contributed by atoms with Crippen LogP contribution in [0, 0.1) is 0 Å². The predicted molar refractivity (Wildman–Crippen MR) is 95.2 cm³/mol. The molecule has 0 saturated heterocycles. The molecule has 120 valence electrons. The number of anilines is 1. The number of nitrogens with one attached hydrogen (secondary N) is 2. The molecular weight excluding hydrogens is 332 g/mol. The first kappa shape index (κ1) is 17.4. The maximum atomic E-state index is 12.2. The van der Waals surface area contributed by atoms with Crippen LogP contribution >= 0.6 is 23.4 Å². The highest BCUT2D eigenvalue weighted by molar-refractivity contribution is 8.00. The zero-order valence-electron chi connectivity index (χ0n) is 12.8. The summed E-state index contributed by atoms with van der Waals surface area (Å²) in [6.45, 7) is 1.84. The summed E-state index contributed by atoms with van der Waals surface area (Å²) in [6.07, 6.45) is 0. The molecule has 2 amide bonds. The van der Waals surface area contributed by atoms with Crippen molar-refractivity contribution < 1.29 is 9.59 Å². The summed E-state index contributed by atoms with van der Waals surface area (Å²) < 4.78 is 0. The van der Waals surface area contributed by atoms with Gasteiger partial charge in [0, 0.05) is 28.2 Å². The summed E-state index contributed by atoms with van der Waals surface area (Å²) in [5, 5.41) is 5.81. The fraction of sp³-hybridized carbons (Fsp3) is 0.176. The molecule has 0 saturated carbocycles. The third-order valence-corrected chi connectivity index (χ3v) is 4.50. The topological polar surface area (TPSA) is 58.2 Å². The predicted octanol–water partition coefficient (Wildman–Crippen LogP) is 3.82. The Morgan fingerprint density at radius 3 is 2.22 bits per heavy atom. The second kappa shape index (κ2) is 8.04. The molecule has 0 aliphatic rings. The molecule has 0 fully saturated rings. The van der Waals surface area contributed by atoms with Crippen LogP contribution in [0.1, 0.15) is 17.3 Å². The molecule has 4 nitrogen and oxygen atoms in total. The molecular formula is C17H17ClN2O2S. The molecule has 0 aliphatic heterocycles. The maximum absolute atomic E-state index is 12.2. The van der Waals surface area contributed by atoms with Gasteiger partial charge in [-0.15, -0.1) is 11.8 Å². The Bertz CT molecular complexity index is 687. The molecule has 0 heterocycles. The van der Waals surface area contributed by atoms with Gasteiger partial charge in [0.15, 0.2) is 0 Å². The average molecular weight is 349 g/mol. The van der Waals surface area contributed by atoms with Gasteiger partial charge >= 0.3 is 0 Å². The molecule has 1 atom stereocenters. The van der Waals surface area contributed by atoms with Gasteiger partial charge in [-0.25, -0.2) is 0 Å². The van der Waals surface area contributed by atoms with Gasteiger partial charge in [0.05, 0.1) is 5.25 Å². The lowest BCUT2D eigenvalue weighted by molar-refractivity contribution is -0.115. The Labute approximate surface area is 144 Å². The van der Waals surface area contributed by atoms with Crippen molar-refractivity contribution in [1.82, 2.24) is 5.32 Å². The lowest BCUT2D eigenvalue weighted by atomic mass is 10.2. The number of amides is 2. The van der Waals surface area contributed by atoms with Gasteiger partial charge in [-0.05, 0) is 55.5 Å². The van der Waals surface area contributed by atoms with Crippen molar-refractivity contribution in [3.05, 3.63) is 59.1 Å². The van der Waals surface area contributed by atoms with Gasteiger partial charge < -0.3 is 10.6 Å². The normalized spacial score (nSPS) is 11.6. The van der Waals surface area contributed by atoms with Crippen LogP contribution in [0.25, 0.3) is 0 Å². The Hall–Kier alpha value is -1.98. The molecule has 0 unspecified atom stereocenters. The van der Waals surface area contributed by atoms with E-state index in [0.717, 1.165) is 4.90 Å². The van der Waals surface area contributed by atoms with E-state index in [1.54, 1.807) is 43.4 Å². The molecule has 0 spiro atoms. The third kappa shape index (κ3) is 5.01. The Morgan fingerprint density at radius 2 is 1.65 bits per heavy atom. The van der Waals surface area contributed by atoms with Crippen molar-refractivity contribution in [2.45, 2.75) is 17.1 Å². The first-order valence-electron chi connectivity index (χ1n) is 7.05. The van der Waals surface area contributed by atoms with E-state index in [1.807, 2.05) is 19.1 Å².